The first-order chi connectivity index (χ1) is 13.6. The van der Waals surface area contributed by atoms with Gasteiger partial charge >= 0.3 is 0 Å². The van der Waals surface area contributed by atoms with Crippen LogP contribution in [0.1, 0.15) is 11.1 Å². The number of hydrogen-bond donors (Lipinski definition) is 2. The average molecular weight is 399 g/mol. The van der Waals surface area contributed by atoms with Crippen LogP contribution < -0.4 is 15.6 Å². The molecule has 0 unspecified atom stereocenters. The summed E-state index contributed by atoms with van der Waals surface area (Å²) in [7, 11) is 0. The molecule has 0 bridgehead atoms. The number of morpholine rings is 1. The Balaban J connectivity index is 1.66. The summed E-state index contributed by atoms with van der Waals surface area (Å²) in [5, 5.41) is 18.7. The molecule has 0 spiro atoms. The van der Waals surface area contributed by atoms with Crippen LogP contribution in [0.4, 0.5) is 11.4 Å². The number of nitrogens with one attached hydrogen (secondary N) is 2. The van der Waals surface area contributed by atoms with Gasteiger partial charge in [0.15, 0.2) is 5.11 Å². The van der Waals surface area contributed by atoms with Crippen LogP contribution in [-0.2, 0) is 11.3 Å². The van der Waals surface area contributed by atoms with Gasteiger partial charge in [0.2, 0.25) is 0 Å². The van der Waals surface area contributed by atoms with Crippen molar-refractivity contribution in [1.82, 2.24) is 10.7 Å². The van der Waals surface area contributed by atoms with Crippen molar-refractivity contribution in [2.45, 2.75) is 6.54 Å². The SMILES string of the molecule is O=[N+]([O-])c1ccc(N2CCOCC2)c(/C=N/NC(=S)NCc2ccccc2)c1. The van der Waals surface area contributed by atoms with Gasteiger partial charge in [0.1, 0.15) is 0 Å². The van der Waals surface area contributed by atoms with E-state index in [1.54, 1.807) is 12.3 Å². The van der Waals surface area contributed by atoms with E-state index in [4.69, 9.17) is 17.0 Å². The van der Waals surface area contributed by atoms with Crippen molar-refractivity contribution in [3.63, 3.8) is 0 Å². The number of non-ortho nitro benzene ring substituents is 1. The number of hydrogen-bond acceptors (Lipinski definition) is 6. The minimum atomic E-state index is -0.417. The maximum atomic E-state index is 11.1. The molecule has 0 saturated carbocycles. The summed E-state index contributed by atoms with van der Waals surface area (Å²) in [5.41, 5.74) is 5.40. The zero-order valence-electron chi connectivity index (χ0n) is 15.2. The Labute approximate surface area is 168 Å². The molecule has 1 fully saturated rings. The summed E-state index contributed by atoms with van der Waals surface area (Å²) in [6.45, 7) is 3.28. The Hall–Kier alpha value is -3.04. The molecular weight excluding hydrogens is 378 g/mol. The Bertz CT molecular complexity index is 854. The number of hydrazone groups is 1. The molecule has 146 valence electrons. The Morgan fingerprint density at radius 1 is 1.25 bits per heavy atom. The lowest BCUT2D eigenvalue weighted by Crippen LogP contribution is -2.36. The van der Waals surface area contributed by atoms with E-state index in [2.05, 4.69) is 20.7 Å². The van der Waals surface area contributed by atoms with Gasteiger partial charge in [0, 0.05) is 43.0 Å². The molecule has 8 nitrogen and oxygen atoms in total. The van der Waals surface area contributed by atoms with Crippen LogP contribution in [0, 0.1) is 10.1 Å². The second kappa shape index (κ2) is 9.77. The molecule has 3 rings (SSSR count). The van der Waals surface area contributed by atoms with E-state index in [-0.39, 0.29) is 5.69 Å². The van der Waals surface area contributed by atoms with E-state index in [1.165, 1.54) is 12.1 Å². The normalized spacial score (nSPS) is 14.1. The van der Waals surface area contributed by atoms with Gasteiger partial charge < -0.3 is 15.0 Å². The van der Waals surface area contributed by atoms with Crippen LogP contribution >= 0.6 is 12.2 Å². The topological polar surface area (TPSA) is 92.0 Å². The number of nitro benzene ring substituents is 1. The molecule has 0 aromatic heterocycles. The predicted octanol–water partition coefficient (Wildman–Crippen LogP) is 2.43. The van der Waals surface area contributed by atoms with Crippen LogP contribution in [0.25, 0.3) is 0 Å². The van der Waals surface area contributed by atoms with E-state index in [0.29, 0.717) is 30.4 Å². The molecule has 0 radical (unpaired) electrons. The van der Waals surface area contributed by atoms with Gasteiger partial charge in [-0.3, -0.25) is 15.5 Å². The second-order valence-electron chi connectivity index (χ2n) is 6.14. The number of benzene rings is 2. The van der Waals surface area contributed by atoms with E-state index < -0.39 is 4.92 Å². The maximum Gasteiger partial charge on any atom is 0.270 e. The smallest absolute Gasteiger partial charge is 0.270 e. The quantitative estimate of drug-likeness (QED) is 0.334. The van der Waals surface area contributed by atoms with Gasteiger partial charge in [0.25, 0.3) is 5.69 Å². The lowest BCUT2D eigenvalue weighted by molar-refractivity contribution is -0.384. The summed E-state index contributed by atoms with van der Waals surface area (Å²) in [4.78, 5) is 12.8. The van der Waals surface area contributed by atoms with Crippen molar-refractivity contribution in [2.24, 2.45) is 5.10 Å². The number of thiocarbonyl (C=S) groups is 1. The third-order valence-electron chi connectivity index (χ3n) is 4.24. The molecule has 1 aliphatic heterocycles. The molecule has 0 amide bonds. The molecule has 0 aliphatic carbocycles. The minimum absolute atomic E-state index is 0.0169. The predicted molar refractivity (Wildman–Crippen MR) is 113 cm³/mol. The fraction of sp³-hybridized carbons (Fsp3) is 0.263. The van der Waals surface area contributed by atoms with Crippen LogP contribution in [0.15, 0.2) is 53.6 Å². The number of anilines is 1. The summed E-state index contributed by atoms with van der Waals surface area (Å²) >= 11 is 5.22. The first-order valence-electron chi connectivity index (χ1n) is 8.85. The van der Waals surface area contributed by atoms with Gasteiger partial charge in [-0.1, -0.05) is 30.3 Å². The van der Waals surface area contributed by atoms with Crippen molar-refractivity contribution in [3.05, 3.63) is 69.8 Å². The zero-order valence-corrected chi connectivity index (χ0v) is 16.0. The Morgan fingerprint density at radius 2 is 2.00 bits per heavy atom. The number of rotatable bonds is 6. The largest absolute Gasteiger partial charge is 0.378 e. The lowest BCUT2D eigenvalue weighted by atomic mass is 10.1. The Morgan fingerprint density at radius 3 is 2.71 bits per heavy atom. The highest BCUT2D eigenvalue weighted by Crippen LogP contribution is 2.25. The van der Waals surface area contributed by atoms with E-state index >= 15 is 0 Å². The molecule has 2 aromatic rings. The molecule has 1 heterocycles. The highest BCUT2D eigenvalue weighted by Gasteiger charge is 2.17. The van der Waals surface area contributed by atoms with Crippen LogP contribution in [0.3, 0.4) is 0 Å². The maximum absolute atomic E-state index is 11.1. The molecule has 2 N–H and O–H groups in total. The van der Waals surface area contributed by atoms with Gasteiger partial charge in [-0.25, -0.2) is 0 Å². The van der Waals surface area contributed by atoms with Crippen molar-refractivity contribution in [3.8, 4) is 0 Å². The number of nitrogens with zero attached hydrogens (tertiary/aromatic N) is 3. The van der Waals surface area contributed by atoms with Gasteiger partial charge in [-0.15, -0.1) is 0 Å². The highest BCUT2D eigenvalue weighted by molar-refractivity contribution is 7.80. The highest BCUT2D eigenvalue weighted by atomic mass is 32.1. The first-order valence-corrected chi connectivity index (χ1v) is 9.26. The van der Waals surface area contributed by atoms with E-state index in [9.17, 15) is 10.1 Å². The second-order valence-corrected chi connectivity index (χ2v) is 6.55. The fourth-order valence-electron chi connectivity index (χ4n) is 2.83. The van der Waals surface area contributed by atoms with Crippen molar-refractivity contribution in [2.75, 3.05) is 31.2 Å². The molecule has 28 heavy (non-hydrogen) atoms. The average Bonchev–Trinajstić information content (AvgIpc) is 2.73. The van der Waals surface area contributed by atoms with E-state index in [1.807, 2.05) is 30.3 Å². The van der Waals surface area contributed by atoms with E-state index in [0.717, 1.165) is 24.3 Å². The van der Waals surface area contributed by atoms with Gasteiger partial charge in [-0.05, 0) is 23.8 Å². The Kier molecular flexibility index (Phi) is 6.88. The monoisotopic (exact) mass is 399 g/mol. The van der Waals surface area contributed by atoms with Gasteiger partial charge in [-0.2, -0.15) is 5.10 Å². The van der Waals surface area contributed by atoms with Crippen LogP contribution in [0.5, 0.6) is 0 Å². The van der Waals surface area contributed by atoms with Crippen molar-refractivity contribution >= 4 is 34.9 Å². The third-order valence-corrected chi connectivity index (χ3v) is 4.47. The summed E-state index contributed by atoms with van der Waals surface area (Å²) in [6.07, 6.45) is 1.55. The van der Waals surface area contributed by atoms with Gasteiger partial charge in [0.05, 0.1) is 24.4 Å². The standard InChI is InChI=1S/C19H21N5O3S/c25-24(26)17-6-7-18(23-8-10-27-11-9-23)16(12-17)14-21-22-19(28)20-13-15-4-2-1-3-5-15/h1-7,12,14H,8-11,13H2,(H2,20,22,28)/b21-14+. The fourth-order valence-corrected chi connectivity index (χ4v) is 2.95. The molecule has 1 saturated heterocycles. The zero-order chi connectivity index (χ0) is 19.8. The summed E-state index contributed by atoms with van der Waals surface area (Å²) < 4.78 is 5.38. The van der Waals surface area contributed by atoms with Crippen molar-refractivity contribution in [1.29, 1.82) is 0 Å². The molecule has 9 heteroatoms. The van der Waals surface area contributed by atoms with Crippen molar-refractivity contribution < 1.29 is 9.66 Å². The first kappa shape index (κ1) is 19.7. The minimum Gasteiger partial charge on any atom is -0.378 e. The molecule has 0 atom stereocenters. The summed E-state index contributed by atoms with van der Waals surface area (Å²) in [5.74, 6) is 0. The van der Waals surface area contributed by atoms with Crippen LogP contribution in [0.2, 0.25) is 0 Å². The molecular formula is C19H21N5O3S. The lowest BCUT2D eigenvalue weighted by Gasteiger charge is -2.29. The summed E-state index contributed by atoms with van der Waals surface area (Å²) in [6, 6.07) is 14.6. The molecule has 2 aromatic carbocycles. The molecule has 1 aliphatic rings. The number of ether oxygens (including phenoxy) is 1. The number of nitro groups is 1. The van der Waals surface area contributed by atoms with Crippen LogP contribution in [-0.4, -0.2) is 42.6 Å². The third kappa shape index (κ3) is 5.48.